The minimum Gasteiger partial charge on any atom is -0.457 e. The molecule has 0 saturated heterocycles. The van der Waals surface area contributed by atoms with Crippen molar-refractivity contribution in [1.29, 1.82) is 0 Å². The van der Waals surface area contributed by atoms with E-state index in [1.54, 1.807) is 24.3 Å². The second-order valence-electron chi connectivity index (χ2n) is 5.14. The number of anilines is 1. The molecule has 3 rings (SSSR count). The summed E-state index contributed by atoms with van der Waals surface area (Å²) in [6, 6.07) is 12.7. The molecule has 1 heterocycles. The van der Waals surface area contributed by atoms with E-state index in [0.717, 1.165) is 16.5 Å². The molecule has 1 N–H and O–H groups in total. The van der Waals surface area contributed by atoms with Crippen LogP contribution in [0.4, 0.5) is 5.69 Å². The Hall–Kier alpha value is -2.23. The highest BCUT2D eigenvalue weighted by Crippen LogP contribution is 2.25. The number of halogens is 2. The molecule has 0 aliphatic rings. The van der Waals surface area contributed by atoms with Gasteiger partial charge in [0.2, 0.25) is 5.91 Å². The highest BCUT2D eigenvalue weighted by atomic mass is 35.5. The molecule has 0 bridgehead atoms. The summed E-state index contributed by atoms with van der Waals surface area (Å²) >= 11 is 11.7. The lowest BCUT2D eigenvalue weighted by molar-refractivity contribution is -0.111. The summed E-state index contributed by atoms with van der Waals surface area (Å²) in [4.78, 5) is 11.9. The fourth-order valence-electron chi connectivity index (χ4n) is 2.18. The van der Waals surface area contributed by atoms with Gasteiger partial charge in [-0.1, -0.05) is 34.8 Å². The number of fused-ring (bicyclic) bond motifs is 1. The van der Waals surface area contributed by atoms with Gasteiger partial charge in [0.1, 0.15) is 11.3 Å². The van der Waals surface area contributed by atoms with Crippen molar-refractivity contribution in [3.63, 3.8) is 0 Å². The molecule has 0 fully saturated rings. The molecule has 0 spiro atoms. The van der Waals surface area contributed by atoms with Crippen molar-refractivity contribution >= 4 is 51.8 Å². The van der Waals surface area contributed by atoms with Gasteiger partial charge in [-0.05, 0) is 49.4 Å². The maximum absolute atomic E-state index is 11.9. The van der Waals surface area contributed by atoms with Crippen molar-refractivity contribution < 1.29 is 9.21 Å². The molecule has 0 radical (unpaired) electrons. The summed E-state index contributed by atoms with van der Waals surface area (Å²) < 4.78 is 5.65. The molecular formula is C18H13Cl2NO2. The van der Waals surface area contributed by atoms with Crippen LogP contribution in [0.5, 0.6) is 0 Å². The lowest BCUT2D eigenvalue weighted by atomic mass is 10.2. The van der Waals surface area contributed by atoms with Crippen LogP contribution in [-0.4, -0.2) is 5.91 Å². The van der Waals surface area contributed by atoms with Crippen LogP contribution in [0.2, 0.25) is 10.0 Å². The topological polar surface area (TPSA) is 42.2 Å². The van der Waals surface area contributed by atoms with Crippen molar-refractivity contribution in [2.24, 2.45) is 0 Å². The normalized spacial score (nSPS) is 11.3. The van der Waals surface area contributed by atoms with E-state index in [4.69, 9.17) is 27.6 Å². The predicted molar refractivity (Wildman–Crippen MR) is 95.1 cm³/mol. The Bertz CT molecular complexity index is 913. The van der Waals surface area contributed by atoms with Gasteiger partial charge in [-0.15, -0.1) is 0 Å². The molecule has 0 atom stereocenters. The molecule has 0 saturated carbocycles. The van der Waals surface area contributed by atoms with Gasteiger partial charge in [0.05, 0.1) is 10.0 Å². The summed E-state index contributed by atoms with van der Waals surface area (Å²) in [5.74, 6) is 0.343. The highest BCUT2D eigenvalue weighted by Gasteiger charge is 2.04. The van der Waals surface area contributed by atoms with Crippen molar-refractivity contribution in [1.82, 2.24) is 0 Å². The van der Waals surface area contributed by atoms with Crippen molar-refractivity contribution in [2.45, 2.75) is 6.92 Å². The van der Waals surface area contributed by atoms with E-state index in [-0.39, 0.29) is 5.91 Å². The Kier molecular flexibility index (Phi) is 4.42. The van der Waals surface area contributed by atoms with Crippen LogP contribution in [0.3, 0.4) is 0 Å². The second-order valence-corrected chi connectivity index (χ2v) is 5.96. The van der Waals surface area contributed by atoms with Crippen molar-refractivity contribution in [2.75, 3.05) is 5.32 Å². The number of hydrogen-bond acceptors (Lipinski definition) is 2. The van der Waals surface area contributed by atoms with Gasteiger partial charge in [0.15, 0.2) is 0 Å². The zero-order chi connectivity index (χ0) is 16.4. The molecule has 2 aromatic carbocycles. The summed E-state index contributed by atoms with van der Waals surface area (Å²) in [6.07, 6.45) is 3.04. The summed E-state index contributed by atoms with van der Waals surface area (Å²) in [5.41, 5.74) is 2.53. The lowest BCUT2D eigenvalue weighted by Gasteiger charge is -2.03. The molecule has 3 nitrogen and oxygen atoms in total. The van der Waals surface area contributed by atoms with Crippen LogP contribution in [0.15, 0.2) is 53.0 Å². The Morgan fingerprint density at radius 1 is 1.09 bits per heavy atom. The SMILES string of the molecule is Cc1ccc2oc(C=CC(=O)Nc3ccc(Cl)c(Cl)c3)cc2c1. The maximum atomic E-state index is 11.9. The zero-order valence-electron chi connectivity index (χ0n) is 12.3. The van der Waals surface area contributed by atoms with Crippen LogP contribution < -0.4 is 5.32 Å². The van der Waals surface area contributed by atoms with Crippen LogP contribution in [0.1, 0.15) is 11.3 Å². The van der Waals surface area contributed by atoms with E-state index < -0.39 is 0 Å². The summed E-state index contributed by atoms with van der Waals surface area (Å²) in [6.45, 7) is 2.02. The van der Waals surface area contributed by atoms with Gasteiger partial charge in [-0.25, -0.2) is 0 Å². The number of rotatable bonds is 3. The Balaban J connectivity index is 1.72. The van der Waals surface area contributed by atoms with Crippen molar-refractivity contribution in [3.05, 3.63) is 69.9 Å². The first-order valence-corrected chi connectivity index (χ1v) is 7.71. The van der Waals surface area contributed by atoms with Gasteiger partial charge >= 0.3 is 0 Å². The van der Waals surface area contributed by atoms with Crippen LogP contribution in [-0.2, 0) is 4.79 Å². The number of furan rings is 1. The van der Waals surface area contributed by atoms with E-state index in [1.165, 1.54) is 6.08 Å². The molecule has 0 aliphatic heterocycles. The summed E-state index contributed by atoms with van der Waals surface area (Å²) in [7, 11) is 0. The Labute approximate surface area is 143 Å². The maximum Gasteiger partial charge on any atom is 0.248 e. The van der Waals surface area contributed by atoms with Crippen LogP contribution in [0, 0.1) is 6.92 Å². The number of benzene rings is 2. The van der Waals surface area contributed by atoms with Gasteiger partial charge in [0.25, 0.3) is 0 Å². The van der Waals surface area contributed by atoms with Crippen LogP contribution in [0.25, 0.3) is 17.0 Å². The number of carbonyl (C=O) groups is 1. The van der Waals surface area contributed by atoms with Gasteiger partial charge in [-0.3, -0.25) is 4.79 Å². The molecule has 5 heteroatoms. The minimum atomic E-state index is -0.278. The molecule has 0 unspecified atom stereocenters. The smallest absolute Gasteiger partial charge is 0.248 e. The molecule has 116 valence electrons. The summed E-state index contributed by atoms with van der Waals surface area (Å²) in [5, 5.41) is 4.55. The number of nitrogens with one attached hydrogen (secondary N) is 1. The molecule has 23 heavy (non-hydrogen) atoms. The Morgan fingerprint density at radius 3 is 2.70 bits per heavy atom. The molecule has 3 aromatic rings. The zero-order valence-corrected chi connectivity index (χ0v) is 13.8. The highest BCUT2D eigenvalue weighted by molar-refractivity contribution is 6.42. The standard InChI is InChI=1S/C18H13Cl2NO2/c1-11-2-6-17-12(8-11)9-14(23-17)4-7-18(22)21-13-3-5-15(19)16(20)10-13/h2-10H,1H3,(H,21,22). The first-order valence-electron chi connectivity index (χ1n) is 6.95. The third kappa shape index (κ3) is 3.76. The first kappa shape index (κ1) is 15.7. The van der Waals surface area contributed by atoms with E-state index in [0.29, 0.717) is 21.5 Å². The predicted octanol–water partition coefficient (Wildman–Crippen LogP) is 5.70. The first-order chi connectivity index (χ1) is 11.0. The average Bonchev–Trinajstić information content (AvgIpc) is 2.91. The number of aryl methyl sites for hydroxylation is 1. The van der Waals surface area contributed by atoms with E-state index in [1.807, 2.05) is 31.2 Å². The molecule has 1 amide bonds. The van der Waals surface area contributed by atoms with E-state index in [9.17, 15) is 4.79 Å². The fourth-order valence-corrected chi connectivity index (χ4v) is 2.48. The number of amides is 1. The largest absolute Gasteiger partial charge is 0.457 e. The monoisotopic (exact) mass is 345 g/mol. The van der Waals surface area contributed by atoms with Crippen LogP contribution >= 0.6 is 23.2 Å². The fraction of sp³-hybridized carbons (Fsp3) is 0.0556. The third-order valence-electron chi connectivity index (χ3n) is 3.28. The quantitative estimate of drug-likeness (QED) is 0.618. The molecular weight excluding hydrogens is 333 g/mol. The van der Waals surface area contributed by atoms with Gasteiger partial charge in [0, 0.05) is 17.1 Å². The van der Waals surface area contributed by atoms with Gasteiger partial charge < -0.3 is 9.73 Å². The van der Waals surface area contributed by atoms with E-state index in [2.05, 4.69) is 5.32 Å². The van der Waals surface area contributed by atoms with Gasteiger partial charge in [-0.2, -0.15) is 0 Å². The van der Waals surface area contributed by atoms with Crippen molar-refractivity contribution in [3.8, 4) is 0 Å². The van der Waals surface area contributed by atoms with E-state index >= 15 is 0 Å². The number of hydrogen-bond donors (Lipinski definition) is 1. The average molecular weight is 346 g/mol. The third-order valence-corrected chi connectivity index (χ3v) is 4.02. The lowest BCUT2D eigenvalue weighted by Crippen LogP contribution is -2.07. The minimum absolute atomic E-state index is 0.278. The molecule has 0 aliphatic carbocycles. The Morgan fingerprint density at radius 2 is 1.91 bits per heavy atom. The second kappa shape index (κ2) is 6.49. The molecule has 1 aromatic heterocycles. The number of carbonyl (C=O) groups excluding carboxylic acids is 1.